The highest BCUT2D eigenvalue weighted by Crippen LogP contribution is 2.34. The minimum atomic E-state index is -0.454. The summed E-state index contributed by atoms with van der Waals surface area (Å²) in [5.74, 6) is 0.502. The molecule has 1 N–H and O–H groups in total. The molecule has 2 aromatic heterocycles. The van der Waals surface area contributed by atoms with Crippen LogP contribution in [0.2, 0.25) is 0 Å². The van der Waals surface area contributed by atoms with Crippen molar-refractivity contribution in [1.29, 1.82) is 0 Å². The third kappa shape index (κ3) is 4.38. The molecule has 5 rings (SSSR count). The summed E-state index contributed by atoms with van der Waals surface area (Å²) in [5.41, 5.74) is 4.33. The first-order chi connectivity index (χ1) is 16.9. The Morgan fingerprint density at radius 1 is 1.06 bits per heavy atom. The Balaban J connectivity index is 1.59. The van der Waals surface area contributed by atoms with Gasteiger partial charge in [0.15, 0.2) is 5.82 Å². The SMILES string of the molecule is COc1cc(-c2ccc(C)c(C)c2)c(F)cc1-n1c(=O)cnc2cc(SNc3ccon3)ccc21. The van der Waals surface area contributed by atoms with Crippen LogP contribution in [-0.4, -0.2) is 21.8 Å². The molecular formula is C26H21FN4O3S. The van der Waals surface area contributed by atoms with Gasteiger partial charge >= 0.3 is 0 Å². The molecule has 0 unspecified atom stereocenters. The predicted molar refractivity (Wildman–Crippen MR) is 135 cm³/mol. The summed E-state index contributed by atoms with van der Waals surface area (Å²) >= 11 is 1.33. The number of ether oxygens (including phenoxy) is 1. The van der Waals surface area contributed by atoms with Crippen LogP contribution in [0.15, 0.2) is 81.3 Å². The van der Waals surface area contributed by atoms with E-state index in [4.69, 9.17) is 9.26 Å². The van der Waals surface area contributed by atoms with Gasteiger partial charge < -0.3 is 14.0 Å². The van der Waals surface area contributed by atoms with Gasteiger partial charge in [0.1, 0.15) is 17.8 Å². The Morgan fingerprint density at radius 3 is 2.66 bits per heavy atom. The van der Waals surface area contributed by atoms with E-state index in [-0.39, 0.29) is 0 Å². The minimum Gasteiger partial charge on any atom is -0.495 e. The molecule has 35 heavy (non-hydrogen) atoms. The van der Waals surface area contributed by atoms with E-state index in [1.807, 2.05) is 44.2 Å². The molecule has 0 radical (unpaired) electrons. The number of anilines is 1. The monoisotopic (exact) mass is 488 g/mol. The number of halogens is 1. The zero-order chi connectivity index (χ0) is 24.5. The van der Waals surface area contributed by atoms with Gasteiger partial charge in [-0.25, -0.2) is 9.37 Å². The summed E-state index contributed by atoms with van der Waals surface area (Å²) in [5, 5.41) is 3.81. The number of aromatic nitrogens is 3. The maximum Gasteiger partial charge on any atom is 0.274 e. The Labute approximate surface area is 204 Å². The lowest BCUT2D eigenvalue weighted by molar-refractivity contribution is 0.412. The Hall–Kier alpha value is -4.11. The zero-order valence-corrected chi connectivity index (χ0v) is 20.0. The van der Waals surface area contributed by atoms with Crippen molar-refractivity contribution in [3.05, 3.63) is 94.4 Å². The summed E-state index contributed by atoms with van der Waals surface area (Å²) < 4.78 is 30.3. The van der Waals surface area contributed by atoms with Gasteiger partial charge in [0, 0.05) is 22.6 Å². The van der Waals surface area contributed by atoms with Crippen molar-refractivity contribution in [2.45, 2.75) is 18.7 Å². The number of aryl methyl sites for hydroxylation is 2. The van der Waals surface area contributed by atoms with Gasteiger partial charge in [-0.05, 0) is 66.8 Å². The van der Waals surface area contributed by atoms with E-state index in [0.717, 1.165) is 21.6 Å². The summed E-state index contributed by atoms with van der Waals surface area (Å²) in [4.78, 5) is 18.0. The van der Waals surface area contributed by atoms with Crippen LogP contribution in [0.5, 0.6) is 5.75 Å². The Kier molecular flexibility index (Phi) is 6.00. The third-order valence-corrected chi connectivity index (χ3v) is 6.56. The topological polar surface area (TPSA) is 82.2 Å². The lowest BCUT2D eigenvalue weighted by Crippen LogP contribution is -2.19. The van der Waals surface area contributed by atoms with E-state index in [2.05, 4.69) is 14.9 Å². The number of fused-ring (bicyclic) bond motifs is 1. The van der Waals surface area contributed by atoms with E-state index in [1.165, 1.54) is 42.2 Å². The molecule has 0 saturated carbocycles. The van der Waals surface area contributed by atoms with Gasteiger partial charge in [-0.3, -0.25) is 9.36 Å². The molecule has 3 aromatic carbocycles. The highest BCUT2D eigenvalue weighted by molar-refractivity contribution is 8.00. The Bertz CT molecular complexity index is 1600. The molecule has 5 aromatic rings. The first-order valence-electron chi connectivity index (χ1n) is 10.7. The first-order valence-corrected chi connectivity index (χ1v) is 11.6. The van der Waals surface area contributed by atoms with Gasteiger partial charge in [0.2, 0.25) is 0 Å². The van der Waals surface area contributed by atoms with Gasteiger partial charge in [-0.2, -0.15) is 0 Å². The fourth-order valence-corrected chi connectivity index (χ4v) is 4.43. The van der Waals surface area contributed by atoms with Gasteiger partial charge in [0.25, 0.3) is 5.56 Å². The maximum absolute atomic E-state index is 15.4. The molecule has 7 nitrogen and oxygen atoms in total. The summed E-state index contributed by atoms with van der Waals surface area (Å²) in [6, 6.07) is 15.9. The molecule has 0 aliphatic carbocycles. The highest BCUT2D eigenvalue weighted by atomic mass is 32.2. The molecule has 0 saturated heterocycles. The van der Waals surface area contributed by atoms with Crippen LogP contribution in [0.4, 0.5) is 10.2 Å². The van der Waals surface area contributed by atoms with E-state index in [9.17, 15) is 4.79 Å². The van der Waals surface area contributed by atoms with Crippen molar-refractivity contribution in [2.75, 3.05) is 11.8 Å². The van der Waals surface area contributed by atoms with Gasteiger partial charge in [-0.1, -0.05) is 23.4 Å². The van der Waals surface area contributed by atoms with Gasteiger partial charge in [0.05, 0.1) is 30.0 Å². The van der Waals surface area contributed by atoms with E-state index in [0.29, 0.717) is 33.9 Å². The molecule has 0 amide bonds. The van der Waals surface area contributed by atoms with E-state index < -0.39 is 11.4 Å². The molecule has 2 heterocycles. The number of rotatable bonds is 6. The van der Waals surface area contributed by atoms with Crippen LogP contribution in [0.3, 0.4) is 0 Å². The van der Waals surface area contributed by atoms with Crippen molar-refractivity contribution in [3.63, 3.8) is 0 Å². The lowest BCUT2D eigenvalue weighted by Gasteiger charge is -2.16. The molecule has 0 spiro atoms. The second-order valence-electron chi connectivity index (χ2n) is 7.97. The summed E-state index contributed by atoms with van der Waals surface area (Å²) in [6.45, 7) is 3.99. The number of methoxy groups -OCH3 is 1. The number of hydrogen-bond donors (Lipinski definition) is 1. The summed E-state index contributed by atoms with van der Waals surface area (Å²) in [7, 11) is 1.50. The second-order valence-corrected chi connectivity index (χ2v) is 8.85. The number of benzene rings is 3. The lowest BCUT2D eigenvalue weighted by atomic mass is 9.99. The number of hydrogen-bond acceptors (Lipinski definition) is 7. The van der Waals surface area contributed by atoms with Crippen molar-refractivity contribution in [1.82, 2.24) is 14.7 Å². The van der Waals surface area contributed by atoms with Crippen LogP contribution in [-0.2, 0) is 0 Å². The summed E-state index contributed by atoms with van der Waals surface area (Å²) in [6.07, 6.45) is 2.69. The molecule has 0 aliphatic rings. The van der Waals surface area contributed by atoms with E-state index >= 15 is 4.39 Å². The van der Waals surface area contributed by atoms with Crippen LogP contribution in [0, 0.1) is 19.7 Å². The zero-order valence-electron chi connectivity index (χ0n) is 19.2. The average molecular weight is 489 g/mol. The largest absolute Gasteiger partial charge is 0.495 e. The van der Waals surface area contributed by atoms with Crippen LogP contribution in [0.1, 0.15) is 11.1 Å². The van der Waals surface area contributed by atoms with E-state index in [1.54, 1.807) is 18.2 Å². The average Bonchev–Trinajstić information content (AvgIpc) is 3.38. The normalized spacial score (nSPS) is 11.1. The number of nitrogens with zero attached hydrogens (tertiary/aromatic N) is 3. The standard InChI is InChI=1S/C26H21FN4O3S/c1-15-4-5-17(10-16(15)2)19-12-24(33-3)23(13-20(19)27)31-22-7-6-18(11-21(22)28-14-26(31)32)35-30-25-8-9-34-29-25/h4-14H,1-3H3,(H,29,30). The second kappa shape index (κ2) is 9.27. The van der Waals surface area contributed by atoms with Gasteiger partial charge in [-0.15, -0.1) is 0 Å². The number of nitrogens with one attached hydrogen (secondary N) is 1. The fraction of sp³-hybridized carbons (Fsp3) is 0.115. The first kappa shape index (κ1) is 22.7. The smallest absolute Gasteiger partial charge is 0.274 e. The quantitative estimate of drug-likeness (QED) is 0.297. The fourth-order valence-electron chi connectivity index (χ4n) is 3.80. The van der Waals surface area contributed by atoms with Crippen molar-refractivity contribution in [3.8, 4) is 22.6 Å². The predicted octanol–water partition coefficient (Wildman–Crippen LogP) is 5.92. The van der Waals surface area contributed by atoms with Crippen molar-refractivity contribution < 1.29 is 13.7 Å². The molecule has 0 aliphatic heterocycles. The third-order valence-electron chi connectivity index (χ3n) is 5.76. The van der Waals surface area contributed by atoms with Crippen LogP contribution in [0.25, 0.3) is 27.8 Å². The molecule has 176 valence electrons. The molecule has 9 heteroatoms. The minimum absolute atomic E-state index is 0.302. The molecule has 0 fully saturated rings. The van der Waals surface area contributed by atoms with Crippen LogP contribution >= 0.6 is 11.9 Å². The molecule has 0 atom stereocenters. The van der Waals surface area contributed by atoms with Crippen molar-refractivity contribution in [2.24, 2.45) is 0 Å². The Morgan fingerprint density at radius 2 is 1.91 bits per heavy atom. The molecular weight excluding hydrogens is 467 g/mol. The maximum atomic E-state index is 15.4. The highest BCUT2D eigenvalue weighted by Gasteiger charge is 2.17. The van der Waals surface area contributed by atoms with Crippen molar-refractivity contribution >= 4 is 28.8 Å². The van der Waals surface area contributed by atoms with Crippen LogP contribution < -0.4 is 15.0 Å². The molecule has 0 bridgehead atoms.